The molecule has 0 spiro atoms. The normalized spacial score (nSPS) is 18.9. The summed E-state index contributed by atoms with van der Waals surface area (Å²) < 4.78 is 0. The quantitative estimate of drug-likeness (QED) is 0.905. The van der Waals surface area contributed by atoms with Crippen LogP contribution in [0.15, 0.2) is 18.2 Å². The number of hydrogen-bond donors (Lipinski definition) is 1. The van der Waals surface area contributed by atoms with E-state index in [9.17, 15) is 4.79 Å². The van der Waals surface area contributed by atoms with Crippen molar-refractivity contribution in [3.05, 3.63) is 34.3 Å². The van der Waals surface area contributed by atoms with E-state index in [4.69, 9.17) is 11.6 Å². The van der Waals surface area contributed by atoms with Crippen molar-refractivity contribution in [1.29, 1.82) is 0 Å². The predicted octanol–water partition coefficient (Wildman–Crippen LogP) is 3.67. The first kappa shape index (κ1) is 17.6. The highest BCUT2D eigenvalue weighted by atomic mass is 35.5. The Hall–Kier alpha value is -0.770. The van der Waals surface area contributed by atoms with E-state index < -0.39 is 0 Å². The van der Waals surface area contributed by atoms with Crippen molar-refractivity contribution >= 4 is 29.9 Å². The van der Waals surface area contributed by atoms with E-state index in [2.05, 4.69) is 5.32 Å². The molecule has 122 valence electrons. The third kappa shape index (κ3) is 4.37. The van der Waals surface area contributed by atoms with Crippen LogP contribution in [0.3, 0.4) is 0 Å². The van der Waals surface area contributed by atoms with Crippen molar-refractivity contribution in [3.63, 3.8) is 0 Å². The van der Waals surface area contributed by atoms with Gasteiger partial charge in [0.05, 0.1) is 10.6 Å². The fourth-order valence-electron chi connectivity index (χ4n) is 2.91. The number of aryl methyl sites for hydroxylation is 1. The summed E-state index contributed by atoms with van der Waals surface area (Å²) in [4.78, 5) is 14.5. The Kier molecular flexibility index (Phi) is 6.13. The van der Waals surface area contributed by atoms with Crippen molar-refractivity contribution in [2.24, 2.45) is 5.92 Å². The lowest BCUT2D eigenvalue weighted by Gasteiger charge is -2.32. The highest BCUT2D eigenvalue weighted by molar-refractivity contribution is 6.33. The van der Waals surface area contributed by atoms with E-state index in [0.717, 1.165) is 44.0 Å². The first-order chi connectivity index (χ1) is 10.1. The molecule has 3 nitrogen and oxygen atoms in total. The first-order valence-electron chi connectivity index (χ1n) is 7.92. The minimum absolute atomic E-state index is 0. The van der Waals surface area contributed by atoms with Crippen LogP contribution < -0.4 is 5.32 Å². The van der Waals surface area contributed by atoms with E-state index >= 15 is 0 Å². The molecule has 1 aromatic rings. The summed E-state index contributed by atoms with van der Waals surface area (Å²) in [6.45, 7) is 4.79. The Labute approximate surface area is 143 Å². The van der Waals surface area contributed by atoms with E-state index in [0.29, 0.717) is 16.6 Å². The topological polar surface area (TPSA) is 32.3 Å². The highest BCUT2D eigenvalue weighted by Gasteiger charge is 2.26. The zero-order chi connectivity index (χ0) is 14.8. The summed E-state index contributed by atoms with van der Waals surface area (Å²) in [5.74, 6) is 0.983. The standard InChI is InChI=1S/C17H23ClN2O.ClH/c1-12-2-5-15(16(18)10-12)17(21)20-8-6-14(7-9-20)19-11-13-3-4-13;/h2,5,10,13-14,19H,3-4,6-9,11H2,1H3;1H. The summed E-state index contributed by atoms with van der Waals surface area (Å²) in [5.41, 5.74) is 1.71. The monoisotopic (exact) mass is 342 g/mol. The van der Waals surface area contributed by atoms with Crippen LogP contribution in [0, 0.1) is 12.8 Å². The van der Waals surface area contributed by atoms with Gasteiger partial charge in [0.2, 0.25) is 0 Å². The molecule has 0 atom stereocenters. The van der Waals surface area contributed by atoms with E-state index in [1.54, 1.807) is 0 Å². The molecule has 1 amide bonds. The second kappa shape index (κ2) is 7.67. The van der Waals surface area contributed by atoms with Gasteiger partial charge in [0.15, 0.2) is 0 Å². The third-order valence-corrected chi connectivity index (χ3v) is 4.84. The van der Waals surface area contributed by atoms with Crippen molar-refractivity contribution < 1.29 is 4.79 Å². The van der Waals surface area contributed by atoms with E-state index in [1.165, 1.54) is 12.8 Å². The summed E-state index contributed by atoms with van der Waals surface area (Å²) in [6, 6.07) is 6.22. The molecule has 3 rings (SSSR count). The number of carbonyl (C=O) groups excluding carboxylic acids is 1. The Morgan fingerprint density at radius 1 is 1.27 bits per heavy atom. The van der Waals surface area contributed by atoms with Gasteiger partial charge in [0.25, 0.3) is 5.91 Å². The molecule has 0 radical (unpaired) electrons. The molecule has 1 aliphatic carbocycles. The third-order valence-electron chi connectivity index (χ3n) is 4.53. The number of nitrogens with one attached hydrogen (secondary N) is 1. The maximum Gasteiger partial charge on any atom is 0.255 e. The Bertz CT molecular complexity index is 523. The smallest absolute Gasteiger partial charge is 0.255 e. The van der Waals surface area contributed by atoms with Crippen molar-refractivity contribution in [1.82, 2.24) is 10.2 Å². The lowest BCUT2D eigenvalue weighted by molar-refractivity contribution is 0.0705. The first-order valence-corrected chi connectivity index (χ1v) is 8.30. The van der Waals surface area contributed by atoms with Gasteiger partial charge < -0.3 is 10.2 Å². The number of carbonyl (C=O) groups is 1. The Morgan fingerprint density at radius 3 is 2.55 bits per heavy atom. The molecule has 0 aromatic heterocycles. The number of halogens is 2. The van der Waals surface area contributed by atoms with Gasteiger partial charge in [0.1, 0.15) is 0 Å². The van der Waals surface area contributed by atoms with E-state index in [1.807, 2.05) is 30.0 Å². The fraction of sp³-hybridized carbons (Fsp3) is 0.588. The Balaban J connectivity index is 0.00000176. The molecule has 1 aliphatic heterocycles. The molecule has 1 heterocycles. The largest absolute Gasteiger partial charge is 0.338 e. The van der Waals surface area contributed by atoms with Crippen LogP contribution >= 0.6 is 24.0 Å². The van der Waals surface area contributed by atoms with Gasteiger partial charge in [-0.25, -0.2) is 0 Å². The number of rotatable bonds is 4. The van der Waals surface area contributed by atoms with Crippen LogP contribution in [0.2, 0.25) is 5.02 Å². The average Bonchev–Trinajstić information content (AvgIpc) is 3.29. The van der Waals surface area contributed by atoms with Crippen LogP contribution in [-0.2, 0) is 0 Å². The summed E-state index contributed by atoms with van der Waals surface area (Å²) in [7, 11) is 0. The van der Waals surface area contributed by atoms with Crippen molar-refractivity contribution in [3.8, 4) is 0 Å². The van der Waals surface area contributed by atoms with Crippen LogP contribution in [-0.4, -0.2) is 36.5 Å². The molecular formula is C17H24Cl2N2O. The van der Waals surface area contributed by atoms with Crippen molar-refractivity contribution in [2.45, 2.75) is 38.6 Å². The molecule has 22 heavy (non-hydrogen) atoms. The number of hydrogen-bond acceptors (Lipinski definition) is 2. The second-order valence-corrected chi connectivity index (χ2v) is 6.81. The fourth-order valence-corrected chi connectivity index (χ4v) is 3.22. The van der Waals surface area contributed by atoms with Crippen LogP contribution in [0.4, 0.5) is 0 Å². The minimum atomic E-state index is 0. The summed E-state index contributed by atoms with van der Waals surface area (Å²) in [5, 5.41) is 4.20. The summed E-state index contributed by atoms with van der Waals surface area (Å²) >= 11 is 6.20. The van der Waals surface area contributed by atoms with Gasteiger partial charge in [-0.1, -0.05) is 17.7 Å². The maximum atomic E-state index is 12.5. The van der Waals surface area contributed by atoms with Crippen molar-refractivity contribution in [2.75, 3.05) is 19.6 Å². The molecule has 1 aromatic carbocycles. The minimum Gasteiger partial charge on any atom is -0.338 e. The second-order valence-electron chi connectivity index (χ2n) is 6.40. The van der Waals surface area contributed by atoms with Gasteiger partial charge in [0, 0.05) is 19.1 Å². The summed E-state index contributed by atoms with van der Waals surface area (Å²) in [6.07, 6.45) is 4.86. The Morgan fingerprint density at radius 2 is 1.95 bits per heavy atom. The zero-order valence-electron chi connectivity index (χ0n) is 13.0. The van der Waals surface area contributed by atoms with Gasteiger partial charge in [-0.3, -0.25) is 4.79 Å². The molecular weight excluding hydrogens is 319 g/mol. The molecule has 1 N–H and O–H groups in total. The van der Waals surface area contributed by atoms with Crippen LogP contribution in [0.25, 0.3) is 0 Å². The van der Waals surface area contributed by atoms with Crippen LogP contribution in [0.5, 0.6) is 0 Å². The number of benzene rings is 1. The number of amides is 1. The lowest BCUT2D eigenvalue weighted by atomic mass is 10.0. The van der Waals surface area contributed by atoms with Gasteiger partial charge in [-0.15, -0.1) is 12.4 Å². The zero-order valence-corrected chi connectivity index (χ0v) is 14.6. The van der Waals surface area contributed by atoms with Gasteiger partial charge >= 0.3 is 0 Å². The highest BCUT2D eigenvalue weighted by Crippen LogP contribution is 2.28. The molecule has 2 fully saturated rings. The van der Waals surface area contributed by atoms with Gasteiger partial charge in [-0.2, -0.15) is 0 Å². The SMILES string of the molecule is Cc1ccc(C(=O)N2CCC(NCC3CC3)CC2)c(Cl)c1.Cl. The number of likely N-dealkylation sites (tertiary alicyclic amines) is 1. The van der Waals surface area contributed by atoms with Crippen LogP contribution in [0.1, 0.15) is 41.6 Å². The molecule has 1 saturated carbocycles. The predicted molar refractivity (Wildman–Crippen MR) is 93.1 cm³/mol. The lowest BCUT2D eigenvalue weighted by Crippen LogP contribution is -2.45. The average molecular weight is 343 g/mol. The van der Waals surface area contributed by atoms with Gasteiger partial charge in [-0.05, 0) is 62.8 Å². The van der Waals surface area contributed by atoms with E-state index in [-0.39, 0.29) is 18.3 Å². The maximum absolute atomic E-state index is 12.5. The molecule has 5 heteroatoms. The molecule has 1 saturated heterocycles. The molecule has 2 aliphatic rings. The molecule has 0 unspecified atom stereocenters. The number of nitrogens with zero attached hydrogens (tertiary/aromatic N) is 1. The molecule has 0 bridgehead atoms. The number of piperidine rings is 1.